The van der Waals surface area contributed by atoms with Crippen LogP contribution in [0.1, 0.15) is 37.4 Å². The van der Waals surface area contributed by atoms with Crippen LogP contribution in [0.4, 0.5) is 20.4 Å². The second-order valence-electron chi connectivity index (χ2n) is 7.61. The minimum Gasteiger partial charge on any atom is -0.480 e. The average molecular weight is 529 g/mol. The second kappa shape index (κ2) is 14.0. The number of aryl methyl sites for hydroxylation is 2. The first-order valence-corrected chi connectivity index (χ1v) is 11.7. The number of carbonyl (C=O) groups is 1. The lowest BCUT2D eigenvalue weighted by Crippen LogP contribution is -2.37. The number of rotatable bonds is 15. The van der Waals surface area contributed by atoms with Gasteiger partial charge in [-0.1, -0.05) is 13.0 Å². The van der Waals surface area contributed by atoms with Crippen LogP contribution in [0.2, 0.25) is 0 Å². The maximum atomic E-state index is 13.1. The highest BCUT2D eigenvalue weighted by Gasteiger charge is 2.21. The number of nitrogens with zero attached hydrogens (tertiary/aromatic N) is 4. The van der Waals surface area contributed by atoms with E-state index in [1.165, 1.54) is 12.5 Å². The van der Waals surface area contributed by atoms with Gasteiger partial charge >= 0.3 is 5.97 Å². The first kappa shape index (κ1) is 26.8. The molecule has 8 nitrogen and oxygen atoms in total. The molecule has 0 spiro atoms. The maximum absolute atomic E-state index is 13.1. The largest absolute Gasteiger partial charge is 0.480 e. The minimum atomic E-state index is -2.49. The Morgan fingerprint density at radius 2 is 2.03 bits per heavy atom. The van der Waals surface area contributed by atoms with Crippen molar-refractivity contribution < 1.29 is 18.7 Å². The van der Waals surface area contributed by atoms with Crippen LogP contribution in [-0.4, -0.2) is 70.1 Å². The number of nitrogens with one attached hydrogen (secondary N) is 2. The van der Waals surface area contributed by atoms with Crippen molar-refractivity contribution in [2.24, 2.45) is 0 Å². The van der Waals surface area contributed by atoms with Crippen LogP contribution in [-0.2, 0) is 17.6 Å². The van der Waals surface area contributed by atoms with Crippen molar-refractivity contribution >= 4 is 33.5 Å². The van der Waals surface area contributed by atoms with Gasteiger partial charge in [-0.2, -0.15) is 0 Å². The van der Waals surface area contributed by atoms with Crippen molar-refractivity contribution in [2.45, 2.75) is 51.5 Å². The van der Waals surface area contributed by atoms with Crippen LogP contribution in [0.3, 0.4) is 0 Å². The molecule has 2 aromatic rings. The number of halogens is 3. The van der Waals surface area contributed by atoms with Crippen LogP contribution in [0.25, 0.3) is 0 Å². The summed E-state index contributed by atoms with van der Waals surface area (Å²) in [4.78, 5) is 25.8. The zero-order valence-electron chi connectivity index (χ0n) is 18.9. The van der Waals surface area contributed by atoms with Crippen LogP contribution < -0.4 is 10.6 Å². The fraction of sp³-hybridized carbons (Fsp3) is 0.545. The number of hydrogen-bond acceptors (Lipinski definition) is 7. The normalized spacial score (nSPS) is 12.2. The van der Waals surface area contributed by atoms with Gasteiger partial charge in [-0.05, 0) is 66.2 Å². The molecular weight excluding hydrogens is 498 g/mol. The van der Waals surface area contributed by atoms with E-state index in [0.29, 0.717) is 23.3 Å². The molecule has 182 valence electrons. The molecule has 33 heavy (non-hydrogen) atoms. The van der Waals surface area contributed by atoms with Crippen molar-refractivity contribution in [3.05, 3.63) is 40.4 Å². The molecule has 0 aromatic carbocycles. The molecule has 2 heterocycles. The lowest BCUT2D eigenvalue weighted by Gasteiger charge is -2.24. The molecular formula is C22H31BrF2N6O2. The smallest absolute Gasteiger partial charge is 0.326 e. The zero-order chi connectivity index (χ0) is 24.2. The fourth-order valence-corrected chi connectivity index (χ4v) is 3.79. The van der Waals surface area contributed by atoms with Gasteiger partial charge in [0.05, 0.1) is 11.0 Å². The SMILES string of the molecule is CCc1ccc(CCCCN(CCC(Nc2ncncc2Br)C(=O)O)CC(F)F)nc1NC. The molecule has 0 radical (unpaired) electrons. The van der Waals surface area contributed by atoms with Gasteiger partial charge in [0.15, 0.2) is 0 Å². The predicted molar refractivity (Wildman–Crippen MR) is 128 cm³/mol. The molecule has 2 rings (SSSR count). The number of carboxylic acids is 1. The molecule has 0 amide bonds. The van der Waals surface area contributed by atoms with E-state index in [1.807, 2.05) is 13.1 Å². The average Bonchev–Trinajstić information content (AvgIpc) is 2.79. The van der Waals surface area contributed by atoms with Gasteiger partial charge in [0.2, 0.25) is 0 Å². The standard InChI is InChI=1S/C22H31BrF2N6O2/c1-3-15-7-8-16(29-20(15)26-2)6-4-5-10-31(13-19(24)25)11-9-18(22(32)33)30-21-17(23)12-27-14-28-21/h7-8,12,14,18-19H,3-6,9-11,13H2,1-2H3,(H,26,29)(H,32,33)(H,27,28,30). The highest BCUT2D eigenvalue weighted by Crippen LogP contribution is 2.19. The van der Waals surface area contributed by atoms with Gasteiger partial charge in [-0.25, -0.2) is 28.5 Å². The van der Waals surface area contributed by atoms with Crippen molar-refractivity contribution in [3.8, 4) is 0 Å². The topological polar surface area (TPSA) is 103 Å². The number of hydrogen-bond donors (Lipinski definition) is 3. The minimum absolute atomic E-state index is 0.157. The van der Waals surface area contributed by atoms with Crippen molar-refractivity contribution in [1.82, 2.24) is 19.9 Å². The van der Waals surface area contributed by atoms with E-state index in [-0.39, 0.29) is 13.0 Å². The molecule has 0 aliphatic rings. The summed E-state index contributed by atoms with van der Waals surface area (Å²) in [7, 11) is 1.84. The zero-order valence-corrected chi connectivity index (χ0v) is 20.5. The van der Waals surface area contributed by atoms with E-state index < -0.39 is 25.0 Å². The molecule has 0 saturated carbocycles. The van der Waals surface area contributed by atoms with Gasteiger partial charge < -0.3 is 15.7 Å². The van der Waals surface area contributed by atoms with Gasteiger partial charge in [-0.15, -0.1) is 0 Å². The number of unbranched alkanes of at least 4 members (excludes halogenated alkanes) is 1. The molecule has 0 saturated heterocycles. The Hall–Kier alpha value is -2.40. The summed E-state index contributed by atoms with van der Waals surface area (Å²) in [6.07, 6.45) is 3.63. The van der Waals surface area contributed by atoms with Gasteiger partial charge in [0, 0.05) is 25.5 Å². The Kier molecular flexibility index (Phi) is 11.4. The van der Waals surface area contributed by atoms with Gasteiger partial charge in [0.1, 0.15) is 24.0 Å². The Morgan fingerprint density at radius 3 is 2.67 bits per heavy atom. The summed E-state index contributed by atoms with van der Waals surface area (Å²) in [5, 5.41) is 15.5. The molecule has 0 fully saturated rings. The van der Waals surface area contributed by atoms with E-state index >= 15 is 0 Å². The van der Waals surface area contributed by atoms with Gasteiger partial charge in [-0.3, -0.25) is 4.90 Å². The number of carboxylic acid groups (broad SMARTS) is 1. The first-order chi connectivity index (χ1) is 15.8. The Labute approximate surface area is 201 Å². The summed E-state index contributed by atoms with van der Waals surface area (Å²) in [6.45, 7) is 2.37. The van der Waals surface area contributed by atoms with Crippen LogP contribution in [0.15, 0.2) is 29.1 Å². The first-order valence-electron chi connectivity index (χ1n) is 11.0. The third-order valence-corrected chi connectivity index (χ3v) is 5.80. The molecule has 1 atom stereocenters. The third kappa shape index (κ3) is 9.17. The number of aromatic nitrogens is 3. The molecule has 0 aliphatic heterocycles. The van der Waals surface area contributed by atoms with Crippen molar-refractivity contribution in [1.29, 1.82) is 0 Å². The molecule has 11 heteroatoms. The summed E-state index contributed by atoms with van der Waals surface area (Å²) in [5.74, 6) is 0.150. The van der Waals surface area contributed by atoms with E-state index in [2.05, 4.69) is 54.5 Å². The number of anilines is 2. The van der Waals surface area contributed by atoms with E-state index in [1.54, 1.807) is 4.90 Å². The highest BCUT2D eigenvalue weighted by molar-refractivity contribution is 9.10. The number of aliphatic carboxylic acids is 1. The lowest BCUT2D eigenvalue weighted by molar-refractivity contribution is -0.138. The van der Waals surface area contributed by atoms with Crippen molar-refractivity contribution in [2.75, 3.05) is 37.3 Å². The Morgan fingerprint density at radius 1 is 1.24 bits per heavy atom. The highest BCUT2D eigenvalue weighted by atomic mass is 79.9. The quantitative estimate of drug-likeness (QED) is 0.297. The Balaban J connectivity index is 1.88. The molecule has 2 aromatic heterocycles. The second-order valence-corrected chi connectivity index (χ2v) is 8.46. The lowest BCUT2D eigenvalue weighted by atomic mass is 10.1. The van der Waals surface area contributed by atoms with E-state index in [0.717, 1.165) is 36.3 Å². The monoisotopic (exact) mass is 528 g/mol. The van der Waals surface area contributed by atoms with Crippen LogP contribution in [0, 0.1) is 0 Å². The summed E-state index contributed by atoms with van der Waals surface area (Å²) < 4.78 is 26.7. The fourth-order valence-electron chi connectivity index (χ4n) is 3.45. The number of alkyl halides is 2. The third-order valence-electron chi connectivity index (χ3n) is 5.22. The molecule has 0 bridgehead atoms. The maximum Gasteiger partial charge on any atom is 0.326 e. The van der Waals surface area contributed by atoms with Crippen LogP contribution >= 0.6 is 15.9 Å². The van der Waals surface area contributed by atoms with Crippen LogP contribution in [0.5, 0.6) is 0 Å². The van der Waals surface area contributed by atoms with E-state index in [9.17, 15) is 18.7 Å². The summed E-state index contributed by atoms with van der Waals surface area (Å²) in [5.41, 5.74) is 2.11. The molecule has 3 N–H and O–H groups in total. The Bertz CT molecular complexity index is 890. The summed E-state index contributed by atoms with van der Waals surface area (Å²) >= 11 is 3.27. The molecule has 1 unspecified atom stereocenters. The van der Waals surface area contributed by atoms with Crippen molar-refractivity contribution in [3.63, 3.8) is 0 Å². The predicted octanol–water partition coefficient (Wildman–Crippen LogP) is 4.08. The summed E-state index contributed by atoms with van der Waals surface area (Å²) in [6, 6.07) is 3.11. The van der Waals surface area contributed by atoms with E-state index in [4.69, 9.17) is 0 Å². The number of pyridine rings is 1. The molecule has 0 aliphatic carbocycles. The van der Waals surface area contributed by atoms with Gasteiger partial charge in [0.25, 0.3) is 6.43 Å².